The maximum absolute atomic E-state index is 5.37. The highest BCUT2D eigenvalue weighted by molar-refractivity contribution is 5.83. The van der Waals surface area contributed by atoms with Crippen LogP contribution in [0.15, 0.2) is 30.5 Å². The Labute approximate surface area is 133 Å². The van der Waals surface area contributed by atoms with Gasteiger partial charge in [-0.05, 0) is 75.0 Å². The molecule has 3 rings (SSSR count). The Hall–Kier alpha value is -1.61. The second-order valence-corrected chi connectivity index (χ2v) is 6.62. The van der Waals surface area contributed by atoms with Crippen molar-refractivity contribution in [2.24, 2.45) is 5.92 Å². The molecular formula is C19H26N2O. The molecule has 0 radical (unpaired) electrons. The van der Waals surface area contributed by atoms with Crippen LogP contribution in [0.1, 0.15) is 32.3 Å². The third kappa shape index (κ3) is 3.25. The summed E-state index contributed by atoms with van der Waals surface area (Å²) in [6.45, 7) is 7.18. The van der Waals surface area contributed by atoms with Gasteiger partial charge >= 0.3 is 0 Å². The fourth-order valence-corrected chi connectivity index (χ4v) is 3.40. The first-order valence-corrected chi connectivity index (χ1v) is 8.33. The van der Waals surface area contributed by atoms with Gasteiger partial charge in [-0.15, -0.1) is 0 Å². The highest BCUT2D eigenvalue weighted by atomic mass is 16.5. The maximum Gasteiger partial charge on any atom is 0.119 e. The number of fused-ring (bicyclic) bond motifs is 1. The Morgan fingerprint density at radius 3 is 2.77 bits per heavy atom. The zero-order chi connectivity index (χ0) is 15.5. The number of methoxy groups -OCH3 is 1. The van der Waals surface area contributed by atoms with Crippen LogP contribution in [0.5, 0.6) is 5.75 Å². The summed E-state index contributed by atoms with van der Waals surface area (Å²) in [5.41, 5.74) is 2.42. The predicted octanol–water partition coefficient (Wildman–Crippen LogP) is 3.91. The molecule has 2 heterocycles. The quantitative estimate of drug-likeness (QED) is 0.856. The summed E-state index contributed by atoms with van der Waals surface area (Å²) in [5, 5.41) is 1.22. The third-order valence-electron chi connectivity index (χ3n) is 5.00. The molecule has 0 bridgehead atoms. The number of benzene rings is 1. The first-order chi connectivity index (χ1) is 10.7. The molecule has 1 aromatic heterocycles. The minimum atomic E-state index is 0.573. The SMILES string of the molecule is COc1ccc2nccc(CC(C)N3CCC(C)CC3)c2c1. The van der Waals surface area contributed by atoms with E-state index < -0.39 is 0 Å². The van der Waals surface area contributed by atoms with Gasteiger partial charge in [-0.2, -0.15) is 0 Å². The molecule has 0 saturated carbocycles. The van der Waals surface area contributed by atoms with Crippen molar-refractivity contribution in [1.82, 2.24) is 9.88 Å². The lowest BCUT2D eigenvalue weighted by Gasteiger charge is -2.35. The Balaban J connectivity index is 1.80. The predicted molar refractivity (Wildman–Crippen MR) is 91.4 cm³/mol. The summed E-state index contributed by atoms with van der Waals surface area (Å²) < 4.78 is 5.37. The molecule has 1 aliphatic heterocycles. The molecule has 1 atom stereocenters. The van der Waals surface area contributed by atoms with Gasteiger partial charge in [0.2, 0.25) is 0 Å². The van der Waals surface area contributed by atoms with E-state index in [0.29, 0.717) is 6.04 Å². The summed E-state index contributed by atoms with van der Waals surface area (Å²) in [4.78, 5) is 7.11. The highest BCUT2D eigenvalue weighted by Gasteiger charge is 2.21. The fraction of sp³-hybridized carbons (Fsp3) is 0.526. The number of aromatic nitrogens is 1. The van der Waals surface area contributed by atoms with Crippen molar-refractivity contribution >= 4 is 10.9 Å². The van der Waals surface area contributed by atoms with Crippen molar-refractivity contribution < 1.29 is 4.74 Å². The Morgan fingerprint density at radius 2 is 2.05 bits per heavy atom. The highest BCUT2D eigenvalue weighted by Crippen LogP contribution is 2.25. The molecule has 1 unspecified atom stereocenters. The van der Waals surface area contributed by atoms with E-state index in [4.69, 9.17) is 4.74 Å². The smallest absolute Gasteiger partial charge is 0.119 e. The molecule has 1 aromatic carbocycles. The fourth-order valence-electron chi connectivity index (χ4n) is 3.40. The van der Waals surface area contributed by atoms with Crippen LogP contribution in [-0.2, 0) is 6.42 Å². The molecule has 22 heavy (non-hydrogen) atoms. The van der Waals surface area contributed by atoms with E-state index in [9.17, 15) is 0 Å². The van der Waals surface area contributed by atoms with Crippen LogP contribution in [0.25, 0.3) is 10.9 Å². The lowest BCUT2D eigenvalue weighted by Crippen LogP contribution is -2.40. The van der Waals surface area contributed by atoms with Crippen molar-refractivity contribution in [1.29, 1.82) is 0 Å². The Morgan fingerprint density at radius 1 is 1.27 bits per heavy atom. The summed E-state index contributed by atoms with van der Waals surface area (Å²) in [6, 6.07) is 8.87. The molecular weight excluding hydrogens is 272 g/mol. The molecule has 0 amide bonds. The molecule has 0 spiro atoms. The van der Waals surface area contributed by atoms with Crippen molar-refractivity contribution in [3.63, 3.8) is 0 Å². The molecule has 3 nitrogen and oxygen atoms in total. The number of nitrogens with zero attached hydrogens (tertiary/aromatic N) is 2. The molecule has 0 aliphatic carbocycles. The van der Waals surface area contributed by atoms with E-state index in [1.165, 1.54) is 36.9 Å². The van der Waals surface area contributed by atoms with E-state index in [0.717, 1.165) is 23.6 Å². The first kappa shape index (κ1) is 15.3. The van der Waals surface area contributed by atoms with Gasteiger partial charge < -0.3 is 9.64 Å². The second kappa shape index (κ2) is 6.66. The Kier molecular flexibility index (Phi) is 4.63. The number of likely N-dealkylation sites (tertiary alicyclic amines) is 1. The molecule has 3 heteroatoms. The Bertz CT molecular complexity index is 632. The van der Waals surface area contributed by atoms with Crippen LogP contribution in [0.2, 0.25) is 0 Å². The van der Waals surface area contributed by atoms with Crippen molar-refractivity contribution in [3.05, 3.63) is 36.0 Å². The van der Waals surface area contributed by atoms with Crippen LogP contribution < -0.4 is 4.74 Å². The van der Waals surface area contributed by atoms with Crippen LogP contribution in [0.4, 0.5) is 0 Å². The van der Waals surface area contributed by atoms with Crippen molar-refractivity contribution in [2.75, 3.05) is 20.2 Å². The first-order valence-electron chi connectivity index (χ1n) is 8.33. The van der Waals surface area contributed by atoms with Gasteiger partial charge in [-0.3, -0.25) is 4.98 Å². The lowest BCUT2D eigenvalue weighted by molar-refractivity contribution is 0.146. The normalized spacial score (nSPS) is 18.5. The van der Waals surface area contributed by atoms with Crippen LogP contribution in [0, 0.1) is 5.92 Å². The van der Waals surface area contributed by atoms with Crippen molar-refractivity contribution in [2.45, 2.75) is 39.2 Å². The zero-order valence-corrected chi connectivity index (χ0v) is 13.9. The monoisotopic (exact) mass is 298 g/mol. The standard InChI is InChI=1S/C19H26N2O/c1-14-7-10-21(11-8-14)15(2)12-16-6-9-20-19-5-4-17(22-3)13-18(16)19/h4-6,9,13-15H,7-8,10-12H2,1-3H3. The number of hydrogen-bond donors (Lipinski definition) is 0. The molecule has 1 aliphatic rings. The zero-order valence-electron chi connectivity index (χ0n) is 13.9. The van der Waals surface area contributed by atoms with Crippen LogP contribution in [0.3, 0.4) is 0 Å². The van der Waals surface area contributed by atoms with Crippen LogP contribution >= 0.6 is 0 Å². The van der Waals surface area contributed by atoms with Gasteiger partial charge in [0, 0.05) is 17.6 Å². The van der Waals surface area contributed by atoms with Gasteiger partial charge in [0.25, 0.3) is 0 Å². The van der Waals surface area contributed by atoms with E-state index in [-0.39, 0.29) is 0 Å². The van der Waals surface area contributed by atoms with E-state index in [1.54, 1.807) is 7.11 Å². The topological polar surface area (TPSA) is 25.4 Å². The molecule has 0 N–H and O–H groups in total. The molecule has 1 fully saturated rings. The maximum atomic E-state index is 5.37. The van der Waals surface area contributed by atoms with Gasteiger partial charge in [0.1, 0.15) is 5.75 Å². The largest absolute Gasteiger partial charge is 0.497 e. The van der Waals surface area contributed by atoms with Crippen LogP contribution in [-0.4, -0.2) is 36.1 Å². The number of ether oxygens (including phenoxy) is 1. The van der Waals surface area contributed by atoms with E-state index in [1.807, 2.05) is 18.3 Å². The average molecular weight is 298 g/mol. The lowest BCUT2D eigenvalue weighted by atomic mass is 9.95. The van der Waals surface area contributed by atoms with Crippen molar-refractivity contribution in [3.8, 4) is 5.75 Å². The van der Waals surface area contributed by atoms with Gasteiger partial charge in [-0.1, -0.05) is 6.92 Å². The summed E-state index contributed by atoms with van der Waals surface area (Å²) >= 11 is 0. The number of hydrogen-bond acceptors (Lipinski definition) is 3. The second-order valence-electron chi connectivity index (χ2n) is 6.62. The van der Waals surface area contributed by atoms with Gasteiger partial charge in [0.15, 0.2) is 0 Å². The molecule has 2 aromatic rings. The summed E-state index contributed by atoms with van der Waals surface area (Å²) in [5.74, 6) is 1.79. The van der Waals surface area contributed by atoms with Gasteiger partial charge in [0.05, 0.1) is 12.6 Å². The third-order valence-corrected chi connectivity index (χ3v) is 5.00. The van der Waals surface area contributed by atoms with Gasteiger partial charge in [-0.25, -0.2) is 0 Å². The molecule has 118 valence electrons. The summed E-state index contributed by atoms with van der Waals surface area (Å²) in [6.07, 6.45) is 5.65. The summed E-state index contributed by atoms with van der Waals surface area (Å²) in [7, 11) is 1.72. The molecule has 1 saturated heterocycles. The van der Waals surface area contributed by atoms with E-state index >= 15 is 0 Å². The number of piperidine rings is 1. The van der Waals surface area contributed by atoms with E-state index in [2.05, 4.69) is 35.9 Å². The number of rotatable bonds is 4. The minimum absolute atomic E-state index is 0.573. The average Bonchev–Trinajstić information content (AvgIpc) is 2.55. The number of pyridine rings is 1. The minimum Gasteiger partial charge on any atom is -0.497 e.